The van der Waals surface area contributed by atoms with Crippen LogP contribution in [0.2, 0.25) is 0 Å². The zero-order valence-electron chi connectivity index (χ0n) is 20.8. The molecular weight excluding hydrogens is 518 g/mol. The number of aromatic nitrogens is 1. The predicted molar refractivity (Wildman–Crippen MR) is 163 cm³/mol. The van der Waals surface area contributed by atoms with Crippen LogP contribution in [-0.2, 0) is 0 Å². The minimum atomic E-state index is -0.184. The Kier molecular flexibility index (Phi) is 4.17. The van der Waals surface area contributed by atoms with E-state index in [1.165, 1.54) is 15.5 Å². The van der Waals surface area contributed by atoms with Gasteiger partial charge in [0.1, 0.15) is 21.6 Å². The fourth-order valence-corrected chi connectivity index (χ4v) is 7.26. The number of para-hydroxylation sites is 3. The number of benzene rings is 5. The molecular formula is C34H17NO4S. The Morgan fingerprint density at radius 3 is 2.10 bits per heavy atom. The van der Waals surface area contributed by atoms with Crippen LogP contribution in [0.4, 0.5) is 0 Å². The second-order valence-electron chi connectivity index (χ2n) is 9.99. The van der Waals surface area contributed by atoms with E-state index < -0.39 is 0 Å². The summed E-state index contributed by atoms with van der Waals surface area (Å²) in [4.78, 5) is 28.2. The summed E-state index contributed by atoms with van der Waals surface area (Å²) in [5, 5.41) is 5.20. The van der Waals surface area contributed by atoms with E-state index in [1.54, 1.807) is 47.7 Å². The van der Waals surface area contributed by atoms with E-state index in [-0.39, 0.29) is 10.9 Å². The van der Waals surface area contributed by atoms with Crippen LogP contribution in [0, 0.1) is 0 Å². The smallest absolute Gasteiger partial charge is 0.200 e. The van der Waals surface area contributed by atoms with Crippen LogP contribution >= 0.6 is 11.3 Å². The van der Waals surface area contributed by atoms with Gasteiger partial charge in [-0.3, -0.25) is 14.2 Å². The van der Waals surface area contributed by atoms with Crippen molar-refractivity contribution in [3.05, 3.63) is 124 Å². The average Bonchev–Trinajstić information content (AvgIpc) is 3.51. The maximum Gasteiger partial charge on any atom is 0.200 e. The molecule has 0 atom stereocenters. The van der Waals surface area contributed by atoms with E-state index in [1.807, 2.05) is 24.3 Å². The molecule has 0 bridgehead atoms. The van der Waals surface area contributed by atoms with E-state index >= 15 is 0 Å². The molecule has 0 N–H and O–H groups in total. The number of hydrogen-bond acceptors (Lipinski definition) is 5. The summed E-state index contributed by atoms with van der Waals surface area (Å²) in [6.07, 6.45) is 0. The normalized spacial score (nSPS) is 12.2. The van der Waals surface area contributed by atoms with Gasteiger partial charge in [0.25, 0.3) is 0 Å². The maximum absolute atomic E-state index is 13.9. The molecule has 4 aromatic heterocycles. The van der Waals surface area contributed by atoms with Crippen molar-refractivity contribution in [3.8, 4) is 5.69 Å². The highest BCUT2D eigenvalue weighted by atomic mass is 32.1. The molecule has 0 saturated heterocycles. The second-order valence-corrected chi connectivity index (χ2v) is 11.0. The summed E-state index contributed by atoms with van der Waals surface area (Å²) in [6.45, 7) is 0. The zero-order valence-corrected chi connectivity index (χ0v) is 21.6. The lowest BCUT2D eigenvalue weighted by atomic mass is 10.1. The molecule has 6 heteroatoms. The van der Waals surface area contributed by atoms with Crippen LogP contribution in [0.25, 0.3) is 80.8 Å². The molecule has 188 valence electrons. The Bertz CT molecular complexity index is 2650. The molecule has 0 saturated carbocycles. The second kappa shape index (κ2) is 7.68. The van der Waals surface area contributed by atoms with Crippen LogP contribution in [0.15, 0.2) is 122 Å². The first-order valence-electron chi connectivity index (χ1n) is 12.9. The van der Waals surface area contributed by atoms with Crippen LogP contribution in [0.1, 0.15) is 0 Å². The molecule has 0 aliphatic rings. The molecule has 0 aliphatic heterocycles. The third-order valence-electron chi connectivity index (χ3n) is 7.81. The van der Waals surface area contributed by atoms with Crippen LogP contribution < -0.4 is 10.9 Å². The monoisotopic (exact) mass is 535 g/mol. The first-order chi connectivity index (χ1) is 19.7. The molecule has 0 spiro atoms. The van der Waals surface area contributed by atoms with Crippen molar-refractivity contribution in [1.29, 1.82) is 0 Å². The SMILES string of the molecule is O=c1c2ccccc2oc2cc3oc4c(-n5c6ccccc6c6c7ccccc7sc65)cccc4c(=O)c3cc12. The van der Waals surface area contributed by atoms with Gasteiger partial charge in [0.15, 0.2) is 5.58 Å². The van der Waals surface area contributed by atoms with Crippen molar-refractivity contribution in [3.63, 3.8) is 0 Å². The van der Waals surface area contributed by atoms with E-state index in [0.717, 1.165) is 21.4 Å². The van der Waals surface area contributed by atoms with Gasteiger partial charge < -0.3 is 8.83 Å². The summed E-state index contributed by atoms with van der Waals surface area (Å²) in [5.74, 6) is 0. The van der Waals surface area contributed by atoms with Crippen LogP contribution in [0.5, 0.6) is 0 Å². The van der Waals surface area contributed by atoms with E-state index in [9.17, 15) is 9.59 Å². The topological polar surface area (TPSA) is 65.3 Å². The summed E-state index contributed by atoms with van der Waals surface area (Å²) >= 11 is 1.72. The van der Waals surface area contributed by atoms with Crippen molar-refractivity contribution >= 4 is 86.4 Å². The quantitative estimate of drug-likeness (QED) is 0.198. The Morgan fingerprint density at radius 1 is 0.550 bits per heavy atom. The fourth-order valence-electron chi connectivity index (χ4n) is 6.01. The van der Waals surface area contributed by atoms with E-state index in [0.29, 0.717) is 43.9 Å². The molecule has 0 amide bonds. The molecule has 0 radical (unpaired) electrons. The van der Waals surface area contributed by atoms with E-state index in [4.69, 9.17) is 8.83 Å². The van der Waals surface area contributed by atoms with Crippen LogP contribution in [-0.4, -0.2) is 4.57 Å². The standard InChI is InChI=1S/C34H17NO4S/c36-31-19-9-2-5-14-26(19)38-27-17-28-23(16-22(27)31)32(37)21-11-7-13-25(33(21)39-28)35-24-12-4-1-8-18(24)30-20-10-3-6-15-29(20)40-34(30)35/h1-17H. The van der Waals surface area contributed by atoms with Crippen molar-refractivity contribution in [2.45, 2.75) is 0 Å². The molecule has 5 aromatic carbocycles. The van der Waals surface area contributed by atoms with Gasteiger partial charge in [-0.2, -0.15) is 0 Å². The third-order valence-corrected chi connectivity index (χ3v) is 8.96. The number of hydrogen-bond donors (Lipinski definition) is 0. The highest BCUT2D eigenvalue weighted by Crippen LogP contribution is 2.43. The lowest BCUT2D eigenvalue weighted by molar-refractivity contribution is 0.645. The summed E-state index contributed by atoms with van der Waals surface area (Å²) in [5.41, 5.74) is 3.22. The van der Waals surface area contributed by atoms with Gasteiger partial charge in [0, 0.05) is 26.9 Å². The van der Waals surface area contributed by atoms with Crippen LogP contribution in [0.3, 0.4) is 0 Å². The van der Waals surface area contributed by atoms with Gasteiger partial charge in [-0.25, -0.2) is 0 Å². The molecule has 9 rings (SSSR count). The Labute approximate surface area is 228 Å². The lowest BCUT2D eigenvalue weighted by Gasteiger charge is -2.11. The Hall–Kier alpha value is -5.20. The molecule has 5 nitrogen and oxygen atoms in total. The largest absolute Gasteiger partial charge is 0.456 e. The maximum atomic E-state index is 13.9. The van der Waals surface area contributed by atoms with Gasteiger partial charge in [0.05, 0.1) is 32.7 Å². The van der Waals surface area contributed by atoms with Crippen molar-refractivity contribution in [2.24, 2.45) is 0 Å². The third kappa shape index (κ3) is 2.75. The van der Waals surface area contributed by atoms with Crippen molar-refractivity contribution < 1.29 is 8.83 Å². The molecule has 0 unspecified atom stereocenters. The predicted octanol–water partition coefficient (Wildman–Crippen LogP) is 8.52. The molecule has 9 aromatic rings. The summed E-state index contributed by atoms with van der Waals surface area (Å²) < 4.78 is 16.0. The first-order valence-corrected chi connectivity index (χ1v) is 13.8. The number of thiophene rings is 1. The van der Waals surface area contributed by atoms with Gasteiger partial charge >= 0.3 is 0 Å². The highest BCUT2D eigenvalue weighted by Gasteiger charge is 2.21. The minimum Gasteiger partial charge on any atom is -0.456 e. The summed E-state index contributed by atoms with van der Waals surface area (Å²) in [7, 11) is 0. The van der Waals surface area contributed by atoms with Gasteiger partial charge in [-0.1, -0.05) is 54.6 Å². The van der Waals surface area contributed by atoms with Crippen molar-refractivity contribution in [2.75, 3.05) is 0 Å². The summed E-state index contributed by atoms with van der Waals surface area (Å²) in [6, 6.07) is 32.8. The van der Waals surface area contributed by atoms with Crippen molar-refractivity contribution in [1.82, 2.24) is 4.57 Å². The van der Waals surface area contributed by atoms with Gasteiger partial charge in [0.2, 0.25) is 10.9 Å². The van der Waals surface area contributed by atoms with Gasteiger partial charge in [-0.05, 0) is 42.5 Å². The number of fused-ring (bicyclic) bond motifs is 9. The van der Waals surface area contributed by atoms with E-state index in [2.05, 4.69) is 47.0 Å². The first kappa shape index (κ1) is 21.7. The number of nitrogens with zero attached hydrogens (tertiary/aromatic N) is 1. The highest BCUT2D eigenvalue weighted by molar-refractivity contribution is 7.25. The molecule has 0 fully saturated rings. The zero-order chi connectivity index (χ0) is 26.5. The number of rotatable bonds is 1. The molecule has 40 heavy (non-hydrogen) atoms. The fraction of sp³-hybridized carbons (Fsp3) is 0. The average molecular weight is 536 g/mol. The van der Waals surface area contributed by atoms with Gasteiger partial charge in [-0.15, -0.1) is 11.3 Å². The Morgan fingerprint density at radius 2 is 1.23 bits per heavy atom. The molecule has 4 heterocycles. The molecule has 0 aliphatic carbocycles. The Balaban J connectivity index is 1.43. The lowest BCUT2D eigenvalue weighted by Crippen LogP contribution is -2.07. The minimum absolute atomic E-state index is 0.169.